The van der Waals surface area contributed by atoms with Crippen molar-refractivity contribution in [1.29, 1.82) is 0 Å². The number of halogens is 3. The molecule has 0 spiro atoms. The van der Waals surface area contributed by atoms with E-state index in [0.29, 0.717) is 0 Å². The maximum absolute atomic E-state index is 9.89. The van der Waals surface area contributed by atoms with Crippen molar-refractivity contribution in [3.8, 4) is 0 Å². The summed E-state index contributed by atoms with van der Waals surface area (Å²) in [5, 5.41) is 13.9. The van der Waals surface area contributed by atoms with E-state index in [2.05, 4.69) is 0 Å². The first kappa shape index (κ1) is 16.9. The zero-order valence-electron chi connectivity index (χ0n) is 4.01. The Kier molecular flexibility index (Phi) is 23.2. The van der Waals surface area contributed by atoms with Crippen molar-refractivity contribution >= 4 is 6.16 Å². The SMILES string of the molecule is O=C(O)O.[Ce].[F][La]([F])[F]. The van der Waals surface area contributed by atoms with Crippen molar-refractivity contribution in [3.63, 3.8) is 0 Å². The van der Waals surface area contributed by atoms with E-state index in [1.165, 1.54) is 0 Å². The van der Waals surface area contributed by atoms with Gasteiger partial charge in [0.15, 0.2) is 0 Å². The second-order valence-corrected chi connectivity index (χ2v) is 2.08. The molecule has 0 aliphatic heterocycles. The summed E-state index contributed by atoms with van der Waals surface area (Å²) in [5.41, 5.74) is 0. The Hall–Kier alpha value is 1.63. The van der Waals surface area contributed by atoms with E-state index in [1.807, 2.05) is 0 Å². The van der Waals surface area contributed by atoms with Crippen molar-refractivity contribution in [2.24, 2.45) is 0 Å². The summed E-state index contributed by atoms with van der Waals surface area (Å²) in [6.45, 7) is 0. The van der Waals surface area contributed by atoms with Crippen LogP contribution >= 0.6 is 0 Å². The average molecular weight is 398 g/mol. The van der Waals surface area contributed by atoms with Gasteiger partial charge >= 0.3 is 43.2 Å². The van der Waals surface area contributed by atoms with Crippen LogP contribution in [0.5, 0.6) is 0 Å². The molecule has 0 unspecified atom stereocenters. The van der Waals surface area contributed by atoms with E-state index in [1.54, 1.807) is 0 Å². The predicted molar refractivity (Wildman–Crippen MR) is 14.0 cm³/mol. The van der Waals surface area contributed by atoms with Gasteiger partial charge in [-0.2, -0.15) is 0 Å². The van der Waals surface area contributed by atoms with E-state index >= 15 is 0 Å². The minimum absolute atomic E-state index is 0. The van der Waals surface area contributed by atoms with Crippen LogP contribution in [-0.2, 0) is 0 Å². The topological polar surface area (TPSA) is 57.5 Å². The zero-order valence-corrected chi connectivity index (χ0v) is 10.8. The van der Waals surface area contributed by atoms with E-state index in [9.17, 15) is 4.81 Å². The molecule has 0 rings (SSSR count). The molecule has 0 saturated heterocycles. The normalized spacial score (nSPS) is 5.67. The van der Waals surface area contributed by atoms with Crippen molar-refractivity contribution in [2.45, 2.75) is 0 Å². The molecule has 0 aromatic rings. The monoisotopic (exact) mass is 398 g/mol. The molecule has 0 aromatic heterocycles. The number of carboxylic acid groups (broad SMARTS) is 2. The third-order valence-electron chi connectivity index (χ3n) is 0. The van der Waals surface area contributed by atoms with Crippen molar-refractivity contribution < 1.29 is 93.8 Å². The molecule has 0 aromatic carbocycles. The summed E-state index contributed by atoms with van der Waals surface area (Å²) in [5.74, 6) is 0. The number of rotatable bonds is 0. The summed E-state index contributed by atoms with van der Waals surface area (Å²) >= 11 is -5.22. The van der Waals surface area contributed by atoms with Gasteiger partial charge in [-0.3, -0.25) is 0 Å². The molecular weight excluding hydrogens is 396 g/mol. The van der Waals surface area contributed by atoms with Crippen LogP contribution in [0.1, 0.15) is 0 Å². The fraction of sp³-hybridized carbons (Fsp3) is 0. The van der Waals surface area contributed by atoms with Gasteiger partial charge in [0.05, 0.1) is 0 Å². The van der Waals surface area contributed by atoms with Crippen LogP contribution in [0.3, 0.4) is 0 Å². The van der Waals surface area contributed by atoms with Crippen LogP contribution in [0.4, 0.5) is 9.61 Å². The maximum atomic E-state index is 9.89. The van der Waals surface area contributed by atoms with Crippen LogP contribution in [-0.4, -0.2) is 16.4 Å². The van der Waals surface area contributed by atoms with Crippen LogP contribution in [0.25, 0.3) is 0 Å². The number of hydrogen-bond acceptors (Lipinski definition) is 1. The Labute approximate surface area is 98.0 Å². The molecule has 8 heteroatoms. The fourth-order valence-corrected chi connectivity index (χ4v) is 0. The van der Waals surface area contributed by atoms with Gasteiger partial charge in [0, 0.05) is 41.7 Å². The quantitative estimate of drug-likeness (QED) is 0.651. The molecule has 0 radical (unpaired) electrons. The van der Waals surface area contributed by atoms with Gasteiger partial charge in [-0.15, -0.1) is 0 Å². The molecule has 0 aliphatic carbocycles. The third-order valence-corrected chi connectivity index (χ3v) is 0. The Bertz CT molecular complexity index is 63.3. The molecule has 0 bridgehead atoms. The van der Waals surface area contributed by atoms with Gasteiger partial charge in [0.2, 0.25) is 0 Å². The Morgan fingerprint density at radius 1 is 1.22 bits per heavy atom. The van der Waals surface area contributed by atoms with Gasteiger partial charge in [0.1, 0.15) is 0 Å². The summed E-state index contributed by atoms with van der Waals surface area (Å²) in [4.78, 5) is 8.56. The summed E-state index contributed by atoms with van der Waals surface area (Å²) in [7, 11) is 0. The first-order valence-electron chi connectivity index (χ1n) is 1.31. The Balaban J connectivity index is -0.0000000720. The van der Waals surface area contributed by atoms with Crippen molar-refractivity contribution in [2.75, 3.05) is 0 Å². The van der Waals surface area contributed by atoms with Gasteiger partial charge in [0.25, 0.3) is 0 Å². The second kappa shape index (κ2) is 12.3. The Morgan fingerprint density at radius 2 is 1.22 bits per heavy atom. The Morgan fingerprint density at radius 3 is 1.22 bits per heavy atom. The average Bonchev–Trinajstić information content (AvgIpc) is 1.25. The standard InChI is InChI=1S/CH2O3.Ce.3FH.La/c2-1(3)4;;;;;/h(H2,2,3,4);;3*1H;/q;;;;;+3/p-3. The van der Waals surface area contributed by atoms with E-state index in [4.69, 9.17) is 15.0 Å². The van der Waals surface area contributed by atoms with Crippen LogP contribution in [0, 0.1) is 74.0 Å². The molecule has 0 atom stereocenters. The first-order chi connectivity index (χ1) is 3.46. The first-order valence-corrected chi connectivity index (χ1v) is 5.42. The van der Waals surface area contributed by atoms with Crippen molar-refractivity contribution in [3.05, 3.63) is 0 Å². The van der Waals surface area contributed by atoms with E-state index < -0.39 is 38.4 Å². The minimum atomic E-state index is -5.22. The molecule has 9 heavy (non-hydrogen) atoms. The molecule has 52 valence electrons. The van der Waals surface area contributed by atoms with Gasteiger partial charge in [-0.25, -0.2) is 4.79 Å². The molecule has 2 N–H and O–H groups in total. The van der Waals surface area contributed by atoms with Gasteiger partial charge < -0.3 is 10.2 Å². The molecule has 0 aliphatic rings. The van der Waals surface area contributed by atoms with E-state index in [-0.39, 0.29) is 41.7 Å². The second-order valence-electron chi connectivity index (χ2n) is 0.530. The zero-order chi connectivity index (χ0) is 7.15. The summed E-state index contributed by atoms with van der Waals surface area (Å²) < 4.78 is 29.7. The summed E-state index contributed by atoms with van der Waals surface area (Å²) in [6.07, 6.45) is -1.83. The molecule has 0 amide bonds. The fourth-order valence-electron chi connectivity index (χ4n) is 0. The molecular formula is CH2CeF3LaO3. The van der Waals surface area contributed by atoms with Crippen LogP contribution in [0.2, 0.25) is 0 Å². The van der Waals surface area contributed by atoms with Crippen molar-refractivity contribution in [1.82, 2.24) is 0 Å². The molecule has 0 heterocycles. The van der Waals surface area contributed by atoms with Crippen LogP contribution < -0.4 is 0 Å². The summed E-state index contributed by atoms with van der Waals surface area (Å²) in [6, 6.07) is 0. The van der Waals surface area contributed by atoms with Gasteiger partial charge in [-0.1, -0.05) is 0 Å². The predicted octanol–water partition coefficient (Wildman–Crippen LogP) is 1.48. The van der Waals surface area contributed by atoms with Gasteiger partial charge in [-0.05, 0) is 0 Å². The molecule has 3 nitrogen and oxygen atoms in total. The number of carbonyl (C=O) groups is 1. The number of hydrogen-bond donors (Lipinski definition) is 2. The molecule has 0 fully saturated rings. The van der Waals surface area contributed by atoms with Crippen LogP contribution in [0.15, 0.2) is 0 Å². The van der Waals surface area contributed by atoms with E-state index in [0.717, 1.165) is 0 Å². The third kappa shape index (κ3) is 211. The molecule has 0 saturated carbocycles.